The maximum Gasteiger partial charge on any atom is 0.229 e. The standard InChI is InChI=1S/C22H21N5O/c1-26-13-17(12-24-26)19-11-20(19)22(28)25-21-9-10-23-27(21)14-16-7-4-6-15-5-2-3-8-18(15)16/h2-10,12-13,19-20H,11,14H2,1H3,(H,25,28)/t19-,20+/m1/s1. The number of fused-ring (bicyclic) bond motifs is 1. The molecule has 6 nitrogen and oxygen atoms in total. The van der Waals surface area contributed by atoms with Crippen molar-refractivity contribution in [2.24, 2.45) is 13.0 Å². The van der Waals surface area contributed by atoms with Crippen LogP contribution in [0.3, 0.4) is 0 Å². The number of benzene rings is 2. The maximum absolute atomic E-state index is 12.7. The maximum atomic E-state index is 12.7. The average molecular weight is 371 g/mol. The van der Waals surface area contributed by atoms with Crippen LogP contribution in [-0.2, 0) is 18.4 Å². The molecule has 2 aromatic carbocycles. The first-order valence-electron chi connectivity index (χ1n) is 9.47. The number of hydrogen-bond donors (Lipinski definition) is 1. The molecule has 0 aliphatic heterocycles. The van der Waals surface area contributed by atoms with Crippen molar-refractivity contribution in [3.05, 3.63) is 78.2 Å². The van der Waals surface area contributed by atoms with Crippen LogP contribution in [0.4, 0.5) is 5.82 Å². The van der Waals surface area contributed by atoms with Crippen molar-refractivity contribution >= 4 is 22.5 Å². The van der Waals surface area contributed by atoms with Gasteiger partial charge in [-0.1, -0.05) is 42.5 Å². The van der Waals surface area contributed by atoms with Crippen LogP contribution in [0, 0.1) is 5.92 Å². The van der Waals surface area contributed by atoms with E-state index in [9.17, 15) is 4.79 Å². The molecule has 6 heteroatoms. The van der Waals surface area contributed by atoms with Crippen LogP contribution >= 0.6 is 0 Å². The third kappa shape index (κ3) is 3.07. The number of aryl methyl sites for hydroxylation is 1. The zero-order valence-electron chi connectivity index (χ0n) is 15.6. The van der Waals surface area contributed by atoms with Crippen molar-refractivity contribution in [2.75, 3.05) is 5.32 Å². The number of nitrogens with zero attached hydrogens (tertiary/aromatic N) is 4. The van der Waals surface area contributed by atoms with Crippen LogP contribution in [0.25, 0.3) is 10.8 Å². The summed E-state index contributed by atoms with van der Waals surface area (Å²) in [5.74, 6) is 1.05. The molecule has 4 aromatic rings. The van der Waals surface area contributed by atoms with Gasteiger partial charge in [0.15, 0.2) is 0 Å². The van der Waals surface area contributed by atoms with E-state index in [1.54, 1.807) is 10.9 Å². The van der Waals surface area contributed by atoms with Gasteiger partial charge in [0.2, 0.25) is 5.91 Å². The van der Waals surface area contributed by atoms with Gasteiger partial charge >= 0.3 is 0 Å². The minimum Gasteiger partial charge on any atom is -0.311 e. The van der Waals surface area contributed by atoms with Gasteiger partial charge in [0.25, 0.3) is 0 Å². The van der Waals surface area contributed by atoms with Crippen LogP contribution in [0.15, 0.2) is 67.1 Å². The van der Waals surface area contributed by atoms with Crippen molar-refractivity contribution in [1.29, 1.82) is 0 Å². The number of aromatic nitrogens is 4. The quantitative estimate of drug-likeness (QED) is 0.583. The summed E-state index contributed by atoms with van der Waals surface area (Å²) >= 11 is 0. The van der Waals surface area contributed by atoms with Crippen molar-refractivity contribution in [1.82, 2.24) is 19.6 Å². The highest BCUT2D eigenvalue weighted by Crippen LogP contribution is 2.47. The molecule has 1 saturated carbocycles. The third-order valence-electron chi connectivity index (χ3n) is 5.45. The lowest BCUT2D eigenvalue weighted by Crippen LogP contribution is -2.18. The molecule has 1 N–H and O–H groups in total. The average Bonchev–Trinajstić information content (AvgIpc) is 3.22. The van der Waals surface area contributed by atoms with E-state index >= 15 is 0 Å². The molecule has 0 saturated heterocycles. The molecule has 2 heterocycles. The lowest BCUT2D eigenvalue weighted by molar-refractivity contribution is -0.117. The number of carbonyl (C=O) groups excluding carboxylic acids is 1. The Labute approximate surface area is 162 Å². The predicted molar refractivity (Wildman–Crippen MR) is 108 cm³/mol. The van der Waals surface area contributed by atoms with E-state index in [0.717, 1.165) is 17.8 Å². The Bertz CT molecular complexity index is 1150. The second-order valence-electron chi connectivity index (χ2n) is 7.40. The largest absolute Gasteiger partial charge is 0.311 e. The Morgan fingerprint density at radius 2 is 2.00 bits per heavy atom. The molecule has 1 aliphatic carbocycles. The van der Waals surface area contributed by atoms with Crippen LogP contribution < -0.4 is 5.32 Å². The van der Waals surface area contributed by atoms with Gasteiger partial charge < -0.3 is 5.32 Å². The molecule has 2 atom stereocenters. The van der Waals surface area contributed by atoms with E-state index < -0.39 is 0 Å². The summed E-state index contributed by atoms with van der Waals surface area (Å²) in [6, 6.07) is 16.4. The molecule has 1 amide bonds. The molecular weight excluding hydrogens is 350 g/mol. The van der Waals surface area contributed by atoms with E-state index in [-0.39, 0.29) is 17.7 Å². The zero-order chi connectivity index (χ0) is 19.1. The van der Waals surface area contributed by atoms with E-state index in [2.05, 4.69) is 45.8 Å². The first kappa shape index (κ1) is 16.7. The van der Waals surface area contributed by atoms with Gasteiger partial charge in [-0.2, -0.15) is 10.2 Å². The van der Waals surface area contributed by atoms with Crippen LogP contribution in [-0.4, -0.2) is 25.5 Å². The third-order valence-corrected chi connectivity index (χ3v) is 5.45. The molecule has 0 radical (unpaired) electrons. The highest BCUT2D eigenvalue weighted by molar-refractivity contribution is 5.94. The normalized spacial score (nSPS) is 18.3. The summed E-state index contributed by atoms with van der Waals surface area (Å²) in [6.45, 7) is 0.612. The number of hydrogen-bond acceptors (Lipinski definition) is 3. The van der Waals surface area contributed by atoms with E-state index in [1.165, 1.54) is 16.3 Å². The molecule has 140 valence electrons. The number of amides is 1. The Kier molecular flexibility index (Phi) is 3.97. The van der Waals surface area contributed by atoms with Gasteiger partial charge in [0.1, 0.15) is 5.82 Å². The Morgan fingerprint density at radius 1 is 1.14 bits per heavy atom. The highest BCUT2D eigenvalue weighted by Gasteiger charge is 2.44. The van der Waals surface area contributed by atoms with Crippen LogP contribution in [0.2, 0.25) is 0 Å². The first-order chi connectivity index (χ1) is 13.7. The first-order valence-corrected chi connectivity index (χ1v) is 9.47. The lowest BCUT2D eigenvalue weighted by Gasteiger charge is -2.11. The van der Waals surface area contributed by atoms with E-state index in [4.69, 9.17) is 0 Å². The molecule has 5 rings (SSSR count). The lowest BCUT2D eigenvalue weighted by atomic mass is 10.0. The number of rotatable bonds is 5. The molecule has 0 bridgehead atoms. The second-order valence-corrected chi connectivity index (χ2v) is 7.40. The zero-order valence-corrected chi connectivity index (χ0v) is 15.6. The predicted octanol–water partition coefficient (Wildman–Crippen LogP) is 3.56. The van der Waals surface area contributed by atoms with Crippen LogP contribution in [0.1, 0.15) is 23.5 Å². The summed E-state index contributed by atoms with van der Waals surface area (Å²) < 4.78 is 3.63. The van der Waals surface area contributed by atoms with Crippen molar-refractivity contribution < 1.29 is 4.79 Å². The molecule has 1 aliphatic rings. The fourth-order valence-corrected chi connectivity index (χ4v) is 3.86. The fraction of sp³-hybridized carbons (Fsp3) is 0.227. The minimum atomic E-state index is 0.00473. The molecule has 28 heavy (non-hydrogen) atoms. The molecule has 0 spiro atoms. The summed E-state index contributed by atoms with van der Waals surface area (Å²) in [7, 11) is 1.90. The summed E-state index contributed by atoms with van der Waals surface area (Å²) in [5.41, 5.74) is 2.31. The van der Waals surface area contributed by atoms with Crippen molar-refractivity contribution in [3.63, 3.8) is 0 Å². The van der Waals surface area contributed by atoms with Crippen molar-refractivity contribution in [3.8, 4) is 0 Å². The van der Waals surface area contributed by atoms with E-state index in [1.807, 2.05) is 42.3 Å². The molecule has 2 aromatic heterocycles. The Morgan fingerprint density at radius 3 is 2.86 bits per heavy atom. The Balaban J connectivity index is 1.32. The monoisotopic (exact) mass is 371 g/mol. The Hall–Kier alpha value is -3.41. The van der Waals surface area contributed by atoms with Gasteiger partial charge in [-0.3, -0.25) is 9.48 Å². The SMILES string of the molecule is Cn1cc([C@H]2C[C@@H]2C(=O)Nc2ccnn2Cc2cccc3ccccc23)cn1. The molecule has 1 fully saturated rings. The van der Waals surface area contributed by atoms with E-state index in [0.29, 0.717) is 6.54 Å². The van der Waals surface area contributed by atoms with Gasteiger partial charge in [0, 0.05) is 25.2 Å². The smallest absolute Gasteiger partial charge is 0.229 e. The topological polar surface area (TPSA) is 64.7 Å². The number of anilines is 1. The highest BCUT2D eigenvalue weighted by atomic mass is 16.2. The molecule has 0 unspecified atom stereocenters. The summed E-state index contributed by atoms with van der Waals surface area (Å²) in [5, 5.41) is 14.1. The minimum absolute atomic E-state index is 0.00473. The summed E-state index contributed by atoms with van der Waals surface area (Å²) in [4.78, 5) is 12.7. The summed E-state index contributed by atoms with van der Waals surface area (Å²) in [6.07, 6.45) is 6.44. The van der Waals surface area contributed by atoms with Gasteiger partial charge in [-0.15, -0.1) is 0 Å². The van der Waals surface area contributed by atoms with Gasteiger partial charge in [-0.05, 0) is 34.2 Å². The number of nitrogens with one attached hydrogen (secondary N) is 1. The molecular formula is C22H21N5O. The van der Waals surface area contributed by atoms with Crippen LogP contribution in [0.5, 0.6) is 0 Å². The number of carbonyl (C=O) groups is 1. The van der Waals surface area contributed by atoms with Gasteiger partial charge in [0.05, 0.1) is 18.9 Å². The van der Waals surface area contributed by atoms with Crippen molar-refractivity contribution in [2.45, 2.75) is 18.9 Å². The fourth-order valence-electron chi connectivity index (χ4n) is 3.86. The second kappa shape index (κ2) is 6.64. The van der Waals surface area contributed by atoms with Gasteiger partial charge in [-0.25, -0.2) is 4.68 Å².